The summed E-state index contributed by atoms with van der Waals surface area (Å²) in [5.41, 5.74) is 2.47. The molecule has 0 bridgehead atoms. The molecule has 0 spiro atoms. The van der Waals surface area contributed by atoms with E-state index in [0.29, 0.717) is 0 Å². The molecule has 0 aliphatic carbocycles. The first-order valence-corrected chi connectivity index (χ1v) is 5.96. The second kappa shape index (κ2) is 6.62. The third-order valence-corrected chi connectivity index (χ3v) is 3.18. The molecule has 0 fully saturated rings. The summed E-state index contributed by atoms with van der Waals surface area (Å²) in [4.78, 5) is 0. The lowest BCUT2D eigenvalue weighted by Crippen LogP contribution is -2.38. The van der Waals surface area contributed by atoms with Gasteiger partial charge in [-0.05, 0) is 38.9 Å². The predicted octanol–water partition coefficient (Wildman–Crippen LogP) is 2.17. The largest absolute Gasteiger partial charge is 0.496 e. The predicted molar refractivity (Wildman–Crippen MR) is 70.8 cm³/mol. The number of hydrogen-bond acceptors (Lipinski definition) is 3. The molecule has 0 aliphatic heterocycles. The van der Waals surface area contributed by atoms with Crippen molar-refractivity contribution >= 4 is 0 Å². The van der Waals surface area contributed by atoms with Crippen molar-refractivity contribution in [3.8, 4) is 5.75 Å². The van der Waals surface area contributed by atoms with E-state index in [1.54, 1.807) is 14.2 Å². The van der Waals surface area contributed by atoms with Crippen LogP contribution in [-0.2, 0) is 11.2 Å². The van der Waals surface area contributed by atoms with E-state index < -0.39 is 0 Å². The number of hydrogen-bond donors (Lipinski definition) is 1. The van der Waals surface area contributed by atoms with Gasteiger partial charge in [-0.3, -0.25) is 0 Å². The molecule has 0 amide bonds. The topological polar surface area (TPSA) is 30.5 Å². The van der Waals surface area contributed by atoms with Gasteiger partial charge in [0.2, 0.25) is 0 Å². The average Bonchev–Trinajstić information content (AvgIpc) is 2.35. The summed E-state index contributed by atoms with van der Waals surface area (Å²) in [6.07, 6.45) is 1.07. The van der Waals surface area contributed by atoms with Gasteiger partial charge in [-0.15, -0.1) is 0 Å². The molecule has 1 rings (SSSR count). The fourth-order valence-electron chi connectivity index (χ4n) is 1.97. The van der Waals surface area contributed by atoms with E-state index in [1.165, 1.54) is 11.1 Å². The van der Waals surface area contributed by atoms with Crippen LogP contribution in [0.15, 0.2) is 18.2 Å². The average molecular weight is 237 g/mol. The van der Waals surface area contributed by atoms with Gasteiger partial charge in [0.05, 0.1) is 13.2 Å². The van der Waals surface area contributed by atoms with Crippen molar-refractivity contribution in [1.29, 1.82) is 0 Å². The highest BCUT2D eigenvalue weighted by Gasteiger charge is 2.17. The van der Waals surface area contributed by atoms with E-state index in [1.807, 2.05) is 13.1 Å². The fraction of sp³-hybridized carbons (Fsp3) is 0.571. The van der Waals surface area contributed by atoms with Crippen LogP contribution in [0.2, 0.25) is 0 Å². The van der Waals surface area contributed by atoms with Crippen molar-refractivity contribution in [2.24, 2.45) is 0 Å². The molecule has 96 valence electrons. The summed E-state index contributed by atoms with van der Waals surface area (Å²) in [7, 11) is 5.41. The molecule has 1 aromatic carbocycles. The molecule has 2 atom stereocenters. The molecule has 0 heterocycles. The second-order valence-corrected chi connectivity index (χ2v) is 4.36. The van der Waals surface area contributed by atoms with E-state index in [4.69, 9.17) is 9.47 Å². The van der Waals surface area contributed by atoms with Crippen LogP contribution in [0.25, 0.3) is 0 Å². The normalized spacial score (nSPS) is 14.4. The zero-order valence-electron chi connectivity index (χ0n) is 11.4. The minimum atomic E-state index is 0.171. The van der Waals surface area contributed by atoms with Crippen molar-refractivity contribution in [2.75, 3.05) is 21.3 Å². The molecule has 0 radical (unpaired) electrons. The number of aryl methyl sites for hydroxylation is 1. The van der Waals surface area contributed by atoms with E-state index >= 15 is 0 Å². The lowest BCUT2D eigenvalue weighted by atomic mass is 9.99. The third kappa shape index (κ3) is 3.72. The van der Waals surface area contributed by atoms with Gasteiger partial charge in [0.1, 0.15) is 5.75 Å². The highest BCUT2D eigenvalue weighted by atomic mass is 16.5. The lowest BCUT2D eigenvalue weighted by Gasteiger charge is -2.23. The highest BCUT2D eigenvalue weighted by molar-refractivity contribution is 5.37. The quantitative estimate of drug-likeness (QED) is 0.822. The highest BCUT2D eigenvalue weighted by Crippen LogP contribution is 2.22. The Morgan fingerprint density at radius 1 is 1.29 bits per heavy atom. The maximum Gasteiger partial charge on any atom is 0.122 e. The minimum Gasteiger partial charge on any atom is -0.496 e. The third-order valence-electron chi connectivity index (χ3n) is 3.18. The van der Waals surface area contributed by atoms with Crippen LogP contribution in [0.5, 0.6) is 5.75 Å². The first-order chi connectivity index (χ1) is 8.12. The minimum absolute atomic E-state index is 0.171. The van der Waals surface area contributed by atoms with Crippen molar-refractivity contribution in [3.63, 3.8) is 0 Å². The molecule has 0 saturated heterocycles. The van der Waals surface area contributed by atoms with Gasteiger partial charge in [-0.25, -0.2) is 0 Å². The molecule has 3 heteroatoms. The van der Waals surface area contributed by atoms with Gasteiger partial charge in [0, 0.05) is 13.2 Å². The monoisotopic (exact) mass is 237 g/mol. The van der Waals surface area contributed by atoms with Crippen LogP contribution in [-0.4, -0.2) is 33.4 Å². The molecule has 0 aromatic heterocycles. The molecular formula is C14H23NO2. The SMILES string of the molecule is CNC(Cc1cc(C)ccc1OC)C(C)OC. The first-order valence-electron chi connectivity index (χ1n) is 5.96. The number of benzene rings is 1. The Labute approximate surface area is 104 Å². The number of rotatable bonds is 6. The fourth-order valence-corrected chi connectivity index (χ4v) is 1.97. The Morgan fingerprint density at radius 2 is 2.00 bits per heavy atom. The zero-order valence-corrected chi connectivity index (χ0v) is 11.4. The van der Waals surface area contributed by atoms with Crippen LogP contribution in [0.4, 0.5) is 0 Å². The summed E-state index contributed by atoms with van der Waals surface area (Å²) in [6, 6.07) is 6.55. The van der Waals surface area contributed by atoms with E-state index in [9.17, 15) is 0 Å². The van der Waals surface area contributed by atoms with Gasteiger partial charge in [-0.2, -0.15) is 0 Å². The van der Waals surface area contributed by atoms with Crippen LogP contribution in [0.1, 0.15) is 18.1 Å². The molecule has 1 N–H and O–H groups in total. The Bertz CT molecular complexity index is 352. The van der Waals surface area contributed by atoms with E-state index in [0.717, 1.165) is 12.2 Å². The van der Waals surface area contributed by atoms with Crippen molar-refractivity contribution in [2.45, 2.75) is 32.4 Å². The van der Waals surface area contributed by atoms with Crippen LogP contribution in [0.3, 0.4) is 0 Å². The van der Waals surface area contributed by atoms with Crippen LogP contribution >= 0.6 is 0 Å². The molecule has 0 aliphatic rings. The second-order valence-electron chi connectivity index (χ2n) is 4.36. The number of methoxy groups -OCH3 is 2. The Hall–Kier alpha value is -1.06. The molecule has 0 saturated carbocycles. The Morgan fingerprint density at radius 3 is 2.53 bits per heavy atom. The molecule has 3 nitrogen and oxygen atoms in total. The lowest BCUT2D eigenvalue weighted by molar-refractivity contribution is 0.0855. The molecule has 17 heavy (non-hydrogen) atoms. The maximum absolute atomic E-state index is 5.39. The van der Waals surface area contributed by atoms with E-state index in [2.05, 4.69) is 31.3 Å². The standard InChI is InChI=1S/C14H23NO2/c1-10-6-7-14(17-5)12(8-10)9-13(15-3)11(2)16-4/h6-8,11,13,15H,9H2,1-5H3. The van der Waals surface area contributed by atoms with Gasteiger partial charge >= 0.3 is 0 Å². The van der Waals surface area contributed by atoms with E-state index in [-0.39, 0.29) is 12.1 Å². The summed E-state index contributed by atoms with van der Waals surface area (Å²) in [5.74, 6) is 0.944. The van der Waals surface area contributed by atoms with Crippen LogP contribution < -0.4 is 10.1 Å². The summed E-state index contributed by atoms with van der Waals surface area (Å²) in [6.45, 7) is 4.17. The number of nitrogens with one attached hydrogen (secondary N) is 1. The zero-order chi connectivity index (χ0) is 12.8. The van der Waals surface area contributed by atoms with Crippen molar-refractivity contribution in [3.05, 3.63) is 29.3 Å². The molecular weight excluding hydrogens is 214 g/mol. The van der Waals surface area contributed by atoms with Crippen molar-refractivity contribution < 1.29 is 9.47 Å². The van der Waals surface area contributed by atoms with Gasteiger partial charge in [-0.1, -0.05) is 17.7 Å². The van der Waals surface area contributed by atoms with Crippen LogP contribution in [0, 0.1) is 6.92 Å². The summed E-state index contributed by atoms with van der Waals surface area (Å²) >= 11 is 0. The smallest absolute Gasteiger partial charge is 0.122 e. The van der Waals surface area contributed by atoms with Gasteiger partial charge < -0.3 is 14.8 Å². The Balaban J connectivity index is 2.88. The summed E-state index contributed by atoms with van der Waals surface area (Å²) in [5, 5.41) is 3.29. The van der Waals surface area contributed by atoms with Gasteiger partial charge in [0.25, 0.3) is 0 Å². The molecule has 2 unspecified atom stereocenters. The summed E-state index contributed by atoms with van der Waals surface area (Å²) < 4.78 is 10.8. The Kier molecular flexibility index (Phi) is 5.45. The van der Waals surface area contributed by atoms with Gasteiger partial charge in [0.15, 0.2) is 0 Å². The first kappa shape index (κ1) is 14.0. The molecule has 1 aromatic rings. The maximum atomic E-state index is 5.39. The van der Waals surface area contributed by atoms with Crippen molar-refractivity contribution in [1.82, 2.24) is 5.32 Å². The number of ether oxygens (including phenoxy) is 2. The number of likely N-dealkylation sites (N-methyl/N-ethyl adjacent to an activating group) is 1.